The van der Waals surface area contributed by atoms with E-state index in [4.69, 9.17) is 5.26 Å². The Balaban J connectivity index is 4.53. The number of nitrogens with zero attached hydrogens (tertiary/aromatic N) is 1. The number of carbonyl (C=O) groups excluding carboxylic acids is 1. The molecular formula is C10H13NO. The fourth-order valence-corrected chi connectivity index (χ4v) is 0.851. The maximum atomic E-state index is 10.6. The van der Waals surface area contributed by atoms with Gasteiger partial charge in [0.25, 0.3) is 0 Å². The van der Waals surface area contributed by atoms with Crippen LogP contribution in [0.4, 0.5) is 0 Å². The van der Waals surface area contributed by atoms with Gasteiger partial charge in [-0.3, -0.25) is 4.79 Å². The first-order valence-electron chi connectivity index (χ1n) is 3.89. The summed E-state index contributed by atoms with van der Waals surface area (Å²) in [5.41, 5.74) is 1.53. The maximum absolute atomic E-state index is 10.6. The number of ketones is 1. The van der Waals surface area contributed by atoms with Crippen LogP contribution in [0.3, 0.4) is 0 Å². The zero-order valence-electron chi connectivity index (χ0n) is 7.72. The van der Waals surface area contributed by atoms with Crippen LogP contribution in [0, 0.1) is 11.3 Å². The fourth-order valence-electron chi connectivity index (χ4n) is 0.851. The second-order valence-electron chi connectivity index (χ2n) is 2.63. The smallest absolute Gasteiger partial charge is 0.152 e. The van der Waals surface area contributed by atoms with Gasteiger partial charge >= 0.3 is 0 Å². The highest BCUT2D eigenvalue weighted by molar-refractivity contribution is 5.88. The molecule has 0 aliphatic carbocycles. The van der Waals surface area contributed by atoms with Gasteiger partial charge in [-0.1, -0.05) is 6.92 Å². The Hall–Kier alpha value is -1.36. The third-order valence-corrected chi connectivity index (χ3v) is 1.36. The Kier molecular flexibility index (Phi) is 4.71. The van der Waals surface area contributed by atoms with E-state index in [9.17, 15) is 4.79 Å². The standard InChI is InChI=1S/C10H13NO/c1-4-10(7-11)6-8(2)5-9(3)12/h5-6H,4H2,1-3H3/b8-5-,10-6-. The van der Waals surface area contributed by atoms with Crippen molar-refractivity contribution in [2.45, 2.75) is 27.2 Å². The van der Waals surface area contributed by atoms with Gasteiger partial charge in [-0.05, 0) is 38.0 Å². The molecule has 0 fully saturated rings. The van der Waals surface area contributed by atoms with Crippen LogP contribution < -0.4 is 0 Å². The monoisotopic (exact) mass is 163 g/mol. The van der Waals surface area contributed by atoms with E-state index in [0.717, 1.165) is 5.57 Å². The van der Waals surface area contributed by atoms with Crippen LogP contribution in [0.15, 0.2) is 23.3 Å². The summed E-state index contributed by atoms with van der Waals surface area (Å²) in [6.45, 7) is 5.22. The summed E-state index contributed by atoms with van der Waals surface area (Å²) in [6, 6.07) is 2.06. The number of carbonyl (C=O) groups is 1. The summed E-state index contributed by atoms with van der Waals surface area (Å²) >= 11 is 0. The van der Waals surface area contributed by atoms with Crippen LogP contribution in [-0.4, -0.2) is 5.78 Å². The summed E-state index contributed by atoms with van der Waals surface area (Å²) < 4.78 is 0. The fraction of sp³-hybridized carbons (Fsp3) is 0.400. The van der Waals surface area contributed by atoms with Gasteiger partial charge in [0, 0.05) is 5.57 Å². The van der Waals surface area contributed by atoms with Gasteiger partial charge in [-0.25, -0.2) is 0 Å². The number of allylic oxidation sites excluding steroid dienone is 4. The molecule has 0 aromatic rings. The minimum atomic E-state index is 0.0112. The zero-order chi connectivity index (χ0) is 9.56. The van der Waals surface area contributed by atoms with Crippen LogP contribution >= 0.6 is 0 Å². The number of nitriles is 1. The number of hydrogen-bond acceptors (Lipinski definition) is 2. The minimum absolute atomic E-state index is 0.0112. The Morgan fingerprint density at radius 3 is 2.33 bits per heavy atom. The van der Waals surface area contributed by atoms with Gasteiger partial charge < -0.3 is 0 Å². The van der Waals surface area contributed by atoms with Gasteiger partial charge in [0.05, 0.1) is 6.07 Å². The average Bonchev–Trinajstić information content (AvgIpc) is 1.98. The van der Waals surface area contributed by atoms with Crippen molar-refractivity contribution in [2.75, 3.05) is 0 Å². The molecule has 0 atom stereocenters. The third kappa shape index (κ3) is 4.45. The van der Waals surface area contributed by atoms with Gasteiger partial charge in [-0.15, -0.1) is 0 Å². The van der Waals surface area contributed by atoms with Gasteiger partial charge in [-0.2, -0.15) is 5.26 Å². The van der Waals surface area contributed by atoms with E-state index in [1.807, 2.05) is 13.8 Å². The Morgan fingerprint density at radius 1 is 1.42 bits per heavy atom. The highest BCUT2D eigenvalue weighted by atomic mass is 16.1. The molecule has 2 heteroatoms. The van der Waals surface area contributed by atoms with Crippen molar-refractivity contribution < 1.29 is 4.79 Å². The molecule has 0 rings (SSSR count). The highest BCUT2D eigenvalue weighted by Crippen LogP contribution is 2.04. The predicted molar refractivity (Wildman–Crippen MR) is 48.4 cm³/mol. The minimum Gasteiger partial charge on any atom is -0.295 e. The van der Waals surface area contributed by atoms with Crippen molar-refractivity contribution in [3.63, 3.8) is 0 Å². The maximum Gasteiger partial charge on any atom is 0.152 e. The van der Waals surface area contributed by atoms with E-state index in [-0.39, 0.29) is 5.78 Å². The molecule has 0 saturated carbocycles. The Morgan fingerprint density at radius 2 is 2.00 bits per heavy atom. The lowest BCUT2D eigenvalue weighted by Crippen LogP contribution is -1.84. The summed E-state index contributed by atoms with van der Waals surface area (Å²) in [5.74, 6) is 0.0112. The molecule has 12 heavy (non-hydrogen) atoms. The summed E-state index contributed by atoms with van der Waals surface area (Å²) in [7, 11) is 0. The molecule has 2 nitrogen and oxygen atoms in total. The molecule has 0 radical (unpaired) electrons. The van der Waals surface area contributed by atoms with Crippen molar-refractivity contribution in [1.82, 2.24) is 0 Å². The van der Waals surface area contributed by atoms with Crippen LogP contribution in [0.25, 0.3) is 0 Å². The first-order valence-corrected chi connectivity index (χ1v) is 3.89. The SMILES string of the molecule is CC/C(C#N)=C/C(C)=C\C(C)=O. The van der Waals surface area contributed by atoms with Crippen LogP contribution in [0.1, 0.15) is 27.2 Å². The largest absolute Gasteiger partial charge is 0.295 e. The molecule has 0 unspecified atom stereocenters. The lowest BCUT2D eigenvalue weighted by molar-refractivity contribution is -0.112. The second kappa shape index (κ2) is 5.31. The molecule has 0 aliphatic heterocycles. The molecule has 0 heterocycles. The van der Waals surface area contributed by atoms with Crippen molar-refractivity contribution in [3.8, 4) is 6.07 Å². The third-order valence-electron chi connectivity index (χ3n) is 1.36. The van der Waals surface area contributed by atoms with Crippen LogP contribution in [0.2, 0.25) is 0 Å². The lowest BCUT2D eigenvalue weighted by atomic mass is 10.1. The van der Waals surface area contributed by atoms with E-state index in [1.54, 1.807) is 6.08 Å². The molecule has 0 N–H and O–H groups in total. The highest BCUT2D eigenvalue weighted by Gasteiger charge is 1.92. The van der Waals surface area contributed by atoms with Gasteiger partial charge in [0.1, 0.15) is 0 Å². The summed E-state index contributed by atoms with van der Waals surface area (Å²) in [4.78, 5) is 10.6. The van der Waals surface area contributed by atoms with Crippen LogP contribution in [0.5, 0.6) is 0 Å². The molecule has 0 aromatic heterocycles. The van der Waals surface area contributed by atoms with E-state index in [0.29, 0.717) is 12.0 Å². The van der Waals surface area contributed by atoms with E-state index in [2.05, 4.69) is 6.07 Å². The Bertz CT molecular complexity index is 266. The molecular weight excluding hydrogens is 150 g/mol. The topological polar surface area (TPSA) is 40.9 Å². The average molecular weight is 163 g/mol. The first-order chi connectivity index (χ1) is 5.60. The normalized spacial score (nSPS) is 12.5. The van der Waals surface area contributed by atoms with Crippen LogP contribution in [-0.2, 0) is 4.79 Å². The van der Waals surface area contributed by atoms with Crippen molar-refractivity contribution in [3.05, 3.63) is 23.3 Å². The van der Waals surface area contributed by atoms with Crippen molar-refractivity contribution in [1.29, 1.82) is 5.26 Å². The molecule has 0 aliphatic rings. The number of hydrogen-bond donors (Lipinski definition) is 0. The number of rotatable bonds is 3. The molecule has 0 saturated heterocycles. The Labute approximate surface area is 73.2 Å². The van der Waals surface area contributed by atoms with Crippen molar-refractivity contribution in [2.24, 2.45) is 0 Å². The second-order valence-corrected chi connectivity index (χ2v) is 2.63. The first kappa shape index (κ1) is 10.6. The van der Waals surface area contributed by atoms with E-state index >= 15 is 0 Å². The summed E-state index contributed by atoms with van der Waals surface area (Å²) in [6.07, 6.45) is 3.97. The quantitative estimate of drug-likeness (QED) is 0.364. The van der Waals surface area contributed by atoms with E-state index < -0.39 is 0 Å². The zero-order valence-corrected chi connectivity index (χ0v) is 7.72. The van der Waals surface area contributed by atoms with Gasteiger partial charge in [0.2, 0.25) is 0 Å². The molecule has 0 aromatic carbocycles. The van der Waals surface area contributed by atoms with Gasteiger partial charge in [0.15, 0.2) is 5.78 Å². The predicted octanol–water partition coefficient (Wildman–Crippen LogP) is 2.38. The molecule has 0 amide bonds. The molecule has 0 spiro atoms. The molecule has 0 bridgehead atoms. The summed E-state index contributed by atoms with van der Waals surface area (Å²) in [5, 5.41) is 8.58. The van der Waals surface area contributed by atoms with E-state index in [1.165, 1.54) is 13.0 Å². The lowest BCUT2D eigenvalue weighted by Gasteiger charge is -1.92. The van der Waals surface area contributed by atoms with Crippen molar-refractivity contribution >= 4 is 5.78 Å². The molecule has 64 valence electrons.